The number of nitrogens with two attached hydrogens (primary N) is 1. The Labute approximate surface area is 90.1 Å². The molecule has 0 aliphatic rings. The maximum Gasteiger partial charge on any atom is 0.322 e. The Bertz CT molecular complexity index is 366. The van der Waals surface area contributed by atoms with Crippen LogP contribution < -0.4 is 10.5 Å². The minimum absolute atomic E-state index is 0.0478. The van der Waals surface area contributed by atoms with Crippen molar-refractivity contribution in [1.29, 1.82) is 0 Å². The largest absolute Gasteiger partial charge is 0.351 e. The number of amides is 2. The molecular weight excluding hydrogens is 218 g/mol. The van der Waals surface area contributed by atoms with Gasteiger partial charge in [0.15, 0.2) is 0 Å². The molecule has 0 atom stereocenters. The van der Waals surface area contributed by atoms with Crippen LogP contribution in [0.3, 0.4) is 0 Å². The molecule has 0 bridgehead atoms. The molecular formula is C8H9N3O3S. The van der Waals surface area contributed by atoms with Gasteiger partial charge in [0.25, 0.3) is 5.69 Å². The van der Waals surface area contributed by atoms with Gasteiger partial charge in [-0.3, -0.25) is 14.8 Å². The summed E-state index contributed by atoms with van der Waals surface area (Å²) in [5, 5.41) is 10.3. The van der Waals surface area contributed by atoms with Crippen molar-refractivity contribution in [3.05, 3.63) is 39.9 Å². The summed E-state index contributed by atoms with van der Waals surface area (Å²) >= 11 is 1.13. The molecule has 6 nitrogen and oxygen atoms in total. The second-order valence-electron chi connectivity index (χ2n) is 2.68. The number of carbonyl (C=O) groups excluding carboxylic acids is 1. The zero-order chi connectivity index (χ0) is 11.3. The Hall–Kier alpha value is -1.76. The van der Waals surface area contributed by atoms with E-state index in [0.717, 1.165) is 17.5 Å². The van der Waals surface area contributed by atoms with Gasteiger partial charge in [-0.15, -0.1) is 0 Å². The van der Waals surface area contributed by atoms with E-state index in [-0.39, 0.29) is 5.69 Å². The van der Waals surface area contributed by atoms with Gasteiger partial charge in [0.05, 0.1) is 4.92 Å². The Morgan fingerprint density at radius 2 is 2.07 bits per heavy atom. The molecule has 0 unspecified atom stereocenters. The second-order valence-corrected chi connectivity index (χ2v) is 3.46. The predicted octanol–water partition coefficient (Wildman–Crippen LogP) is 1.41. The van der Waals surface area contributed by atoms with Gasteiger partial charge >= 0.3 is 6.03 Å². The van der Waals surface area contributed by atoms with E-state index in [9.17, 15) is 14.9 Å². The highest BCUT2D eigenvalue weighted by Crippen LogP contribution is 2.14. The molecule has 0 aromatic heterocycles. The van der Waals surface area contributed by atoms with Crippen LogP contribution >= 0.6 is 11.9 Å². The standard InChI is InChI=1S/C8H9N3O3S/c9-8(12)10-15-5-6-1-3-7(4-2-6)11(13)14/h1-4H,5H2,(H3,9,10,12). The third kappa shape index (κ3) is 3.86. The first-order valence-corrected chi connectivity index (χ1v) is 4.98. The van der Waals surface area contributed by atoms with E-state index in [4.69, 9.17) is 5.73 Å². The van der Waals surface area contributed by atoms with Gasteiger partial charge in [-0.05, 0) is 17.5 Å². The van der Waals surface area contributed by atoms with Crippen molar-refractivity contribution < 1.29 is 9.72 Å². The van der Waals surface area contributed by atoms with Gasteiger partial charge in [0, 0.05) is 17.9 Å². The van der Waals surface area contributed by atoms with Gasteiger partial charge in [-0.25, -0.2) is 4.79 Å². The summed E-state index contributed by atoms with van der Waals surface area (Å²) in [6, 6.07) is 5.49. The lowest BCUT2D eigenvalue weighted by Gasteiger charge is -2.00. The van der Waals surface area contributed by atoms with Gasteiger partial charge in [0.1, 0.15) is 0 Å². The van der Waals surface area contributed by atoms with Crippen LogP contribution in [-0.4, -0.2) is 11.0 Å². The Balaban J connectivity index is 2.50. The Kier molecular flexibility index (Phi) is 3.92. The molecule has 1 aromatic carbocycles. The number of hydrogen-bond donors (Lipinski definition) is 2. The first-order valence-electron chi connectivity index (χ1n) is 4.00. The number of non-ortho nitro benzene ring substituents is 1. The maximum absolute atomic E-state index is 10.3. The van der Waals surface area contributed by atoms with Gasteiger partial charge < -0.3 is 5.73 Å². The molecule has 15 heavy (non-hydrogen) atoms. The predicted molar refractivity (Wildman–Crippen MR) is 57.1 cm³/mol. The van der Waals surface area contributed by atoms with E-state index in [0.29, 0.717) is 5.75 Å². The summed E-state index contributed by atoms with van der Waals surface area (Å²) in [7, 11) is 0. The summed E-state index contributed by atoms with van der Waals surface area (Å²) in [6.45, 7) is 0. The minimum atomic E-state index is -0.609. The van der Waals surface area contributed by atoms with E-state index in [1.54, 1.807) is 12.1 Å². The number of nitro groups is 1. The first kappa shape index (κ1) is 11.3. The van der Waals surface area contributed by atoms with Crippen LogP contribution in [0.2, 0.25) is 0 Å². The number of rotatable bonds is 4. The summed E-state index contributed by atoms with van der Waals surface area (Å²) in [6.07, 6.45) is 0. The molecule has 0 saturated heterocycles. The van der Waals surface area contributed by atoms with Crippen molar-refractivity contribution in [3.8, 4) is 0 Å². The lowest BCUT2D eigenvalue weighted by atomic mass is 10.2. The van der Waals surface area contributed by atoms with Gasteiger partial charge in [0.2, 0.25) is 0 Å². The molecule has 0 radical (unpaired) electrons. The number of primary amides is 1. The van der Waals surface area contributed by atoms with Crippen LogP contribution in [0.1, 0.15) is 5.56 Å². The molecule has 1 rings (SSSR count). The second kappa shape index (κ2) is 5.20. The van der Waals surface area contributed by atoms with Crippen molar-refractivity contribution in [2.75, 3.05) is 0 Å². The number of carbonyl (C=O) groups is 1. The van der Waals surface area contributed by atoms with Crippen molar-refractivity contribution in [3.63, 3.8) is 0 Å². The fraction of sp³-hybridized carbons (Fsp3) is 0.125. The van der Waals surface area contributed by atoms with Crippen LogP contribution in [0.4, 0.5) is 10.5 Å². The van der Waals surface area contributed by atoms with E-state index in [1.807, 2.05) is 0 Å². The van der Waals surface area contributed by atoms with Crippen molar-refractivity contribution in [2.45, 2.75) is 5.75 Å². The average molecular weight is 227 g/mol. The molecule has 3 N–H and O–H groups in total. The van der Waals surface area contributed by atoms with E-state index in [2.05, 4.69) is 4.72 Å². The van der Waals surface area contributed by atoms with Crippen molar-refractivity contribution >= 4 is 23.7 Å². The third-order valence-electron chi connectivity index (χ3n) is 1.56. The minimum Gasteiger partial charge on any atom is -0.351 e. The molecule has 0 aliphatic carbocycles. The number of hydrogen-bond acceptors (Lipinski definition) is 4. The topological polar surface area (TPSA) is 98.3 Å². The highest BCUT2D eigenvalue weighted by atomic mass is 32.2. The molecule has 2 amide bonds. The lowest BCUT2D eigenvalue weighted by Crippen LogP contribution is -2.22. The maximum atomic E-state index is 10.3. The molecule has 0 spiro atoms. The zero-order valence-corrected chi connectivity index (χ0v) is 8.49. The average Bonchev–Trinajstić information content (AvgIpc) is 2.18. The fourth-order valence-corrected chi connectivity index (χ4v) is 1.48. The van der Waals surface area contributed by atoms with Crippen molar-refractivity contribution in [2.24, 2.45) is 5.73 Å². The normalized spacial score (nSPS) is 9.60. The van der Waals surface area contributed by atoms with Crippen LogP contribution in [0.25, 0.3) is 0 Å². The SMILES string of the molecule is NC(=O)NSCc1ccc([N+](=O)[O-])cc1. The molecule has 80 valence electrons. The fourth-order valence-electron chi connectivity index (χ4n) is 0.904. The van der Waals surface area contributed by atoms with E-state index >= 15 is 0 Å². The summed E-state index contributed by atoms with van der Waals surface area (Å²) < 4.78 is 2.35. The molecule has 0 aliphatic heterocycles. The Morgan fingerprint density at radius 1 is 1.47 bits per heavy atom. The monoisotopic (exact) mass is 227 g/mol. The molecule has 0 fully saturated rings. The molecule has 1 aromatic rings. The number of nitro benzene ring substituents is 1. The zero-order valence-electron chi connectivity index (χ0n) is 7.67. The third-order valence-corrected chi connectivity index (χ3v) is 2.38. The number of nitrogens with zero attached hydrogens (tertiary/aromatic N) is 1. The van der Waals surface area contributed by atoms with Crippen LogP contribution in [-0.2, 0) is 5.75 Å². The Morgan fingerprint density at radius 3 is 2.53 bits per heavy atom. The van der Waals surface area contributed by atoms with Crippen LogP contribution in [0.15, 0.2) is 24.3 Å². The summed E-state index contributed by atoms with van der Waals surface area (Å²) in [5.74, 6) is 0.515. The quantitative estimate of drug-likeness (QED) is 0.461. The summed E-state index contributed by atoms with van der Waals surface area (Å²) in [5.41, 5.74) is 5.78. The lowest BCUT2D eigenvalue weighted by molar-refractivity contribution is -0.384. The van der Waals surface area contributed by atoms with Crippen molar-refractivity contribution in [1.82, 2.24) is 4.72 Å². The van der Waals surface area contributed by atoms with Crippen LogP contribution in [0.5, 0.6) is 0 Å². The van der Waals surface area contributed by atoms with Crippen LogP contribution in [0, 0.1) is 10.1 Å². The number of benzene rings is 1. The summed E-state index contributed by atoms with van der Waals surface area (Å²) in [4.78, 5) is 20.2. The van der Waals surface area contributed by atoms with E-state index < -0.39 is 11.0 Å². The van der Waals surface area contributed by atoms with E-state index in [1.165, 1.54) is 12.1 Å². The highest BCUT2D eigenvalue weighted by Gasteiger charge is 2.03. The van der Waals surface area contributed by atoms with Gasteiger partial charge in [-0.2, -0.15) is 0 Å². The first-order chi connectivity index (χ1) is 7.09. The number of nitrogens with one attached hydrogen (secondary N) is 1. The molecule has 0 heterocycles. The highest BCUT2D eigenvalue weighted by molar-refractivity contribution is 7.97. The van der Waals surface area contributed by atoms with Gasteiger partial charge in [-0.1, -0.05) is 12.1 Å². The molecule has 7 heteroatoms. The smallest absolute Gasteiger partial charge is 0.322 e. The number of urea groups is 1. The molecule has 0 saturated carbocycles.